The zero-order valence-corrected chi connectivity index (χ0v) is 11.6. The largest absolute Gasteiger partial charge is 0.480 e. The normalized spacial score (nSPS) is 11.2. The van der Waals surface area contributed by atoms with Gasteiger partial charge < -0.3 is 10.0 Å². The lowest BCUT2D eigenvalue weighted by atomic mass is 10.0. The van der Waals surface area contributed by atoms with Crippen LogP contribution >= 0.6 is 0 Å². The molecule has 0 bridgehead atoms. The first-order valence-electron chi connectivity index (χ1n) is 6.11. The zero-order valence-electron chi connectivity index (χ0n) is 11.6. The second-order valence-electron chi connectivity index (χ2n) is 5.03. The third-order valence-electron chi connectivity index (χ3n) is 3.38. The first-order chi connectivity index (χ1) is 9.17. The van der Waals surface area contributed by atoms with Gasteiger partial charge in [-0.25, -0.2) is 13.6 Å². The van der Waals surface area contributed by atoms with Crippen molar-refractivity contribution in [1.82, 2.24) is 4.90 Å². The van der Waals surface area contributed by atoms with Gasteiger partial charge in [0.25, 0.3) is 0 Å². The second kappa shape index (κ2) is 5.98. The highest BCUT2D eigenvalue weighted by Crippen LogP contribution is 2.17. The van der Waals surface area contributed by atoms with Crippen molar-refractivity contribution in [2.24, 2.45) is 0 Å². The number of benzene rings is 1. The van der Waals surface area contributed by atoms with Gasteiger partial charge in [-0.3, -0.25) is 4.79 Å². The summed E-state index contributed by atoms with van der Waals surface area (Å²) in [6.45, 7) is 2.80. The zero-order chi connectivity index (χ0) is 15.5. The van der Waals surface area contributed by atoms with E-state index in [1.54, 1.807) is 0 Å². The van der Waals surface area contributed by atoms with Crippen LogP contribution in [0.4, 0.5) is 8.78 Å². The molecule has 0 aliphatic heterocycles. The van der Waals surface area contributed by atoms with Crippen molar-refractivity contribution in [2.45, 2.75) is 32.2 Å². The molecular weight excluding hydrogens is 268 g/mol. The molecule has 0 aliphatic carbocycles. The fourth-order valence-corrected chi connectivity index (χ4v) is 1.61. The van der Waals surface area contributed by atoms with Gasteiger partial charge >= 0.3 is 5.97 Å². The number of hydrogen-bond donors (Lipinski definition) is 1. The van der Waals surface area contributed by atoms with Crippen LogP contribution < -0.4 is 0 Å². The van der Waals surface area contributed by atoms with Crippen molar-refractivity contribution in [3.8, 4) is 0 Å². The van der Waals surface area contributed by atoms with Crippen molar-refractivity contribution in [3.05, 3.63) is 35.4 Å². The van der Waals surface area contributed by atoms with Gasteiger partial charge in [-0.15, -0.1) is 0 Å². The molecule has 4 nitrogen and oxygen atoms in total. The average Bonchev–Trinajstić information content (AvgIpc) is 2.39. The Balaban J connectivity index is 2.73. The number of aryl methyl sites for hydroxylation is 1. The van der Waals surface area contributed by atoms with E-state index in [4.69, 9.17) is 5.11 Å². The summed E-state index contributed by atoms with van der Waals surface area (Å²) in [7, 11) is 1.37. The van der Waals surface area contributed by atoms with Crippen LogP contribution in [0.5, 0.6) is 0 Å². The highest BCUT2D eigenvalue weighted by molar-refractivity contribution is 5.86. The molecule has 0 atom stereocenters. The molecule has 0 aromatic heterocycles. The number of halogens is 2. The lowest BCUT2D eigenvalue weighted by Crippen LogP contribution is -2.50. The average molecular weight is 285 g/mol. The molecule has 0 saturated carbocycles. The maximum Gasteiger partial charge on any atom is 0.329 e. The minimum Gasteiger partial charge on any atom is -0.480 e. The third-order valence-corrected chi connectivity index (χ3v) is 3.38. The quantitative estimate of drug-likeness (QED) is 0.902. The lowest BCUT2D eigenvalue weighted by Gasteiger charge is -2.31. The molecule has 0 radical (unpaired) electrons. The molecule has 20 heavy (non-hydrogen) atoms. The highest BCUT2D eigenvalue weighted by atomic mass is 19.2. The number of hydrogen-bond acceptors (Lipinski definition) is 2. The van der Waals surface area contributed by atoms with Gasteiger partial charge in [0, 0.05) is 13.5 Å². The number of aliphatic carboxylic acids is 1. The molecule has 0 spiro atoms. The molecule has 0 fully saturated rings. The fraction of sp³-hybridized carbons (Fsp3) is 0.429. The van der Waals surface area contributed by atoms with Gasteiger partial charge in [-0.05, 0) is 31.9 Å². The molecule has 0 saturated heterocycles. The molecule has 0 unspecified atom stereocenters. The highest BCUT2D eigenvalue weighted by Gasteiger charge is 2.34. The Bertz CT molecular complexity index is 529. The van der Waals surface area contributed by atoms with Crippen LogP contribution in [0.3, 0.4) is 0 Å². The summed E-state index contributed by atoms with van der Waals surface area (Å²) in [4.78, 5) is 24.0. The number of likely N-dealkylation sites (N-methyl/N-ethyl adjacent to an activating group) is 1. The molecule has 1 N–H and O–H groups in total. The van der Waals surface area contributed by atoms with Gasteiger partial charge in [-0.2, -0.15) is 0 Å². The van der Waals surface area contributed by atoms with Crippen LogP contribution in [0, 0.1) is 11.6 Å². The summed E-state index contributed by atoms with van der Waals surface area (Å²) >= 11 is 0. The van der Waals surface area contributed by atoms with Crippen LogP contribution in [0.25, 0.3) is 0 Å². The number of carboxylic acid groups (broad SMARTS) is 1. The number of nitrogens with zero attached hydrogens (tertiary/aromatic N) is 1. The maximum atomic E-state index is 13.4. The van der Waals surface area contributed by atoms with E-state index in [1.807, 2.05) is 0 Å². The van der Waals surface area contributed by atoms with E-state index >= 15 is 0 Å². The Morgan fingerprint density at radius 3 is 2.45 bits per heavy atom. The van der Waals surface area contributed by atoms with Gasteiger partial charge in [-0.1, -0.05) is 12.1 Å². The number of rotatable bonds is 5. The van der Waals surface area contributed by atoms with Crippen molar-refractivity contribution in [2.75, 3.05) is 7.05 Å². The van der Waals surface area contributed by atoms with Crippen molar-refractivity contribution in [3.63, 3.8) is 0 Å². The van der Waals surface area contributed by atoms with E-state index in [9.17, 15) is 18.4 Å². The van der Waals surface area contributed by atoms with E-state index in [0.29, 0.717) is 0 Å². The van der Waals surface area contributed by atoms with Crippen molar-refractivity contribution in [1.29, 1.82) is 0 Å². The van der Waals surface area contributed by atoms with E-state index < -0.39 is 29.0 Å². The Morgan fingerprint density at radius 2 is 1.90 bits per heavy atom. The van der Waals surface area contributed by atoms with Gasteiger partial charge in [0.1, 0.15) is 5.54 Å². The summed E-state index contributed by atoms with van der Waals surface area (Å²) in [6.07, 6.45) is -0.0734. The summed E-state index contributed by atoms with van der Waals surface area (Å²) in [5.74, 6) is -3.51. The predicted molar refractivity (Wildman–Crippen MR) is 69.2 cm³/mol. The third kappa shape index (κ3) is 3.31. The summed E-state index contributed by atoms with van der Waals surface area (Å²) in [5.41, 5.74) is -1.25. The van der Waals surface area contributed by atoms with Crippen LogP contribution in [0.2, 0.25) is 0 Å². The molecule has 1 rings (SSSR count). The van der Waals surface area contributed by atoms with Crippen LogP contribution in [0.15, 0.2) is 18.2 Å². The Hall–Kier alpha value is -1.98. The van der Waals surface area contributed by atoms with Gasteiger partial charge in [0.15, 0.2) is 11.6 Å². The molecule has 110 valence electrons. The van der Waals surface area contributed by atoms with Crippen molar-refractivity contribution >= 4 is 11.9 Å². The molecule has 0 heterocycles. The summed E-state index contributed by atoms with van der Waals surface area (Å²) in [5, 5.41) is 9.02. The molecule has 6 heteroatoms. The van der Waals surface area contributed by atoms with Crippen LogP contribution in [-0.2, 0) is 16.0 Å². The number of carboxylic acids is 1. The monoisotopic (exact) mass is 285 g/mol. The van der Waals surface area contributed by atoms with Crippen LogP contribution in [0.1, 0.15) is 25.8 Å². The van der Waals surface area contributed by atoms with Crippen molar-refractivity contribution < 1.29 is 23.5 Å². The SMILES string of the molecule is CN(C(=O)CCc1cccc(F)c1F)C(C)(C)C(=O)O. The Labute approximate surface area is 116 Å². The fourth-order valence-electron chi connectivity index (χ4n) is 1.61. The molecule has 1 aromatic rings. The molecule has 1 aromatic carbocycles. The standard InChI is InChI=1S/C14H17F2NO3/c1-14(2,13(19)20)17(3)11(18)8-7-9-5-4-6-10(15)12(9)16/h4-6H,7-8H2,1-3H3,(H,19,20). The number of amides is 1. The lowest BCUT2D eigenvalue weighted by molar-refractivity contribution is -0.155. The first kappa shape index (κ1) is 16.1. The minimum atomic E-state index is -1.35. The molecule has 0 aliphatic rings. The molecule has 1 amide bonds. The number of carbonyl (C=O) groups excluding carboxylic acids is 1. The Morgan fingerprint density at radius 1 is 1.30 bits per heavy atom. The second-order valence-corrected chi connectivity index (χ2v) is 5.03. The predicted octanol–water partition coefficient (Wildman–Crippen LogP) is 2.22. The first-order valence-corrected chi connectivity index (χ1v) is 6.11. The van der Waals surface area contributed by atoms with E-state index in [1.165, 1.54) is 33.0 Å². The minimum absolute atomic E-state index is 0.0163. The smallest absolute Gasteiger partial charge is 0.329 e. The van der Waals surface area contributed by atoms with E-state index in [-0.39, 0.29) is 18.4 Å². The summed E-state index contributed by atoms with van der Waals surface area (Å²) in [6, 6.07) is 3.76. The Kier molecular flexibility index (Phi) is 4.81. The maximum absolute atomic E-state index is 13.4. The van der Waals surface area contributed by atoms with Gasteiger partial charge in [0.05, 0.1) is 0 Å². The van der Waals surface area contributed by atoms with E-state index in [0.717, 1.165) is 11.0 Å². The molecular formula is C14H17F2NO3. The van der Waals surface area contributed by atoms with Gasteiger partial charge in [0.2, 0.25) is 5.91 Å². The van der Waals surface area contributed by atoms with E-state index in [2.05, 4.69) is 0 Å². The van der Waals surface area contributed by atoms with Crippen LogP contribution in [-0.4, -0.2) is 34.5 Å². The number of carbonyl (C=O) groups is 2. The topological polar surface area (TPSA) is 57.6 Å². The summed E-state index contributed by atoms with van der Waals surface area (Å²) < 4.78 is 26.4.